The molecule has 4 nitrogen and oxygen atoms in total. The number of rotatable bonds is 4. The molecule has 0 aliphatic rings. The lowest BCUT2D eigenvalue weighted by molar-refractivity contribution is 0.582. The van der Waals surface area contributed by atoms with Gasteiger partial charge in [-0.25, -0.2) is 13.1 Å². The Bertz CT molecular complexity index is 653. The maximum Gasteiger partial charge on any atom is 0.250 e. The molecule has 2 heterocycles. The van der Waals surface area contributed by atoms with Crippen LogP contribution >= 0.6 is 27.3 Å². The third-order valence-electron chi connectivity index (χ3n) is 2.36. The first-order valence-electron chi connectivity index (χ1n) is 5.14. The van der Waals surface area contributed by atoms with Crippen molar-refractivity contribution in [3.05, 3.63) is 45.5 Å². The van der Waals surface area contributed by atoms with E-state index in [-0.39, 0.29) is 6.54 Å². The Balaban J connectivity index is 2.13. The van der Waals surface area contributed by atoms with Crippen molar-refractivity contribution >= 4 is 37.3 Å². The van der Waals surface area contributed by atoms with Crippen LogP contribution < -0.4 is 4.72 Å². The first-order valence-corrected chi connectivity index (χ1v) is 8.24. The fraction of sp³-hybridized carbons (Fsp3) is 0.182. The van der Waals surface area contributed by atoms with Gasteiger partial charge in [0.1, 0.15) is 4.21 Å². The Morgan fingerprint density at radius 3 is 2.78 bits per heavy atom. The number of nitrogens with zero attached hydrogens (tertiary/aromatic N) is 1. The number of sulfonamides is 1. The maximum absolute atomic E-state index is 12.0. The number of aryl methyl sites for hydroxylation is 1. The fourth-order valence-corrected chi connectivity index (χ4v) is 4.42. The quantitative estimate of drug-likeness (QED) is 0.925. The van der Waals surface area contributed by atoms with Gasteiger partial charge in [-0.3, -0.25) is 4.98 Å². The van der Waals surface area contributed by atoms with Gasteiger partial charge in [0.05, 0.1) is 16.0 Å². The Labute approximate surface area is 118 Å². The number of hydrogen-bond acceptors (Lipinski definition) is 4. The molecular formula is C11H11BrN2O2S2. The third kappa shape index (κ3) is 3.17. The number of thiophene rings is 1. The summed E-state index contributed by atoms with van der Waals surface area (Å²) in [6, 6.07) is 7.01. The molecule has 2 aromatic heterocycles. The highest BCUT2D eigenvalue weighted by Crippen LogP contribution is 2.25. The second-order valence-corrected chi connectivity index (χ2v) is 8.11. The molecule has 2 aromatic rings. The van der Waals surface area contributed by atoms with E-state index in [1.807, 2.05) is 19.1 Å². The van der Waals surface area contributed by atoms with E-state index < -0.39 is 10.0 Å². The van der Waals surface area contributed by atoms with E-state index in [4.69, 9.17) is 0 Å². The van der Waals surface area contributed by atoms with Crippen LogP contribution in [0.25, 0.3) is 0 Å². The van der Waals surface area contributed by atoms with Gasteiger partial charge in [0.15, 0.2) is 0 Å². The highest BCUT2D eigenvalue weighted by molar-refractivity contribution is 9.11. The molecule has 0 unspecified atom stereocenters. The predicted molar refractivity (Wildman–Crippen MR) is 75.0 cm³/mol. The number of nitrogens with one attached hydrogen (secondary N) is 1. The first-order chi connectivity index (χ1) is 8.49. The van der Waals surface area contributed by atoms with Crippen LogP contribution in [0.2, 0.25) is 0 Å². The maximum atomic E-state index is 12.0. The predicted octanol–water partition coefficient (Wildman–Crippen LogP) is 2.69. The SMILES string of the molecule is Cc1cccnc1CNS(=O)(=O)c1ccc(Br)s1. The highest BCUT2D eigenvalue weighted by Gasteiger charge is 2.16. The molecule has 0 fully saturated rings. The van der Waals surface area contributed by atoms with Crippen LogP contribution in [0.15, 0.2) is 38.5 Å². The Morgan fingerprint density at radius 2 is 2.17 bits per heavy atom. The van der Waals surface area contributed by atoms with Crippen molar-refractivity contribution in [3.63, 3.8) is 0 Å². The van der Waals surface area contributed by atoms with E-state index in [0.717, 1.165) is 15.0 Å². The molecule has 0 spiro atoms. The number of aromatic nitrogens is 1. The molecule has 0 saturated carbocycles. The van der Waals surface area contributed by atoms with E-state index in [1.54, 1.807) is 18.3 Å². The summed E-state index contributed by atoms with van der Waals surface area (Å²) >= 11 is 4.43. The minimum atomic E-state index is -3.46. The normalized spacial score (nSPS) is 11.7. The van der Waals surface area contributed by atoms with Gasteiger partial charge in [0.2, 0.25) is 10.0 Å². The monoisotopic (exact) mass is 346 g/mol. The topological polar surface area (TPSA) is 59.1 Å². The van der Waals surface area contributed by atoms with Crippen LogP contribution in [0.5, 0.6) is 0 Å². The number of hydrogen-bond donors (Lipinski definition) is 1. The zero-order chi connectivity index (χ0) is 13.2. The molecule has 0 saturated heterocycles. The van der Waals surface area contributed by atoms with Crippen LogP contribution in [0, 0.1) is 6.92 Å². The molecule has 0 radical (unpaired) electrons. The van der Waals surface area contributed by atoms with Gasteiger partial charge in [0, 0.05) is 6.20 Å². The molecule has 0 aliphatic carbocycles. The van der Waals surface area contributed by atoms with Crippen molar-refractivity contribution in [3.8, 4) is 0 Å². The average Bonchev–Trinajstić information content (AvgIpc) is 2.76. The summed E-state index contributed by atoms with van der Waals surface area (Å²) in [7, 11) is -3.46. The molecule has 18 heavy (non-hydrogen) atoms. The van der Waals surface area contributed by atoms with Crippen molar-refractivity contribution in [2.75, 3.05) is 0 Å². The molecule has 0 aromatic carbocycles. The summed E-state index contributed by atoms with van der Waals surface area (Å²) in [6.45, 7) is 2.10. The van der Waals surface area contributed by atoms with Crippen LogP contribution in [-0.2, 0) is 16.6 Å². The molecule has 7 heteroatoms. The van der Waals surface area contributed by atoms with E-state index in [2.05, 4.69) is 25.6 Å². The van der Waals surface area contributed by atoms with Crippen LogP contribution in [0.4, 0.5) is 0 Å². The van der Waals surface area contributed by atoms with Gasteiger partial charge in [-0.05, 0) is 46.6 Å². The minimum Gasteiger partial charge on any atom is -0.260 e. The summed E-state index contributed by atoms with van der Waals surface area (Å²) in [5.41, 5.74) is 1.70. The molecule has 1 N–H and O–H groups in total. The summed E-state index contributed by atoms with van der Waals surface area (Å²) in [4.78, 5) is 4.15. The smallest absolute Gasteiger partial charge is 0.250 e. The Kier molecular flexibility index (Phi) is 4.16. The Morgan fingerprint density at radius 1 is 1.39 bits per heavy atom. The third-order valence-corrected chi connectivity index (χ3v) is 5.88. The summed E-state index contributed by atoms with van der Waals surface area (Å²) in [5.74, 6) is 0. The molecular weight excluding hydrogens is 336 g/mol. The van der Waals surface area contributed by atoms with Crippen molar-refractivity contribution in [2.24, 2.45) is 0 Å². The van der Waals surface area contributed by atoms with Gasteiger partial charge >= 0.3 is 0 Å². The van der Waals surface area contributed by atoms with Gasteiger partial charge in [-0.15, -0.1) is 11.3 Å². The Hall–Kier alpha value is -0.760. The zero-order valence-electron chi connectivity index (χ0n) is 9.55. The molecule has 0 amide bonds. The molecule has 0 aliphatic heterocycles. The van der Waals surface area contributed by atoms with E-state index in [1.165, 1.54) is 11.3 Å². The van der Waals surface area contributed by atoms with Crippen LogP contribution in [0.3, 0.4) is 0 Å². The fourth-order valence-electron chi connectivity index (χ4n) is 1.38. The summed E-state index contributed by atoms with van der Waals surface area (Å²) < 4.78 is 27.6. The van der Waals surface area contributed by atoms with Gasteiger partial charge in [0.25, 0.3) is 0 Å². The van der Waals surface area contributed by atoms with Crippen LogP contribution in [0.1, 0.15) is 11.3 Å². The highest BCUT2D eigenvalue weighted by atomic mass is 79.9. The standard InChI is InChI=1S/C11H11BrN2O2S2/c1-8-3-2-6-13-9(8)7-14-18(15,16)11-5-4-10(12)17-11/h2-6,14H,7H2,1H3. The van der Waals surface area contributed by atoms with Gasteiger partial charge < -0.3 is 0 Å². The second-order valence-electron chi connectivity index (χ2n) is 3.65. The lowest BCUT2D eigenvalue weighted by Crippen LogP contribution is -2.23. The van der Waals surface area contributed by atoms with E-state index in [9.17, 15) is 8.42 Å². The van der Waals surface area contributed by atoms with Gasteiger partial charge in [-0.1, -0.05) is 6.07 Å². The zero-order valence-corrected chi connectivity index (χ0v) is 12.8. The largest absolute Gasteiger partial charge is 0.260 e. The molecule has 0 bridgehead atoms. The van der Waals surface area contributed by atoms with Crippen molar-refractivity contribution in [2.45, 2.75) is 17.7 Å². The average molecular weight is 347 g/mol. The van der Waals surface area contributed by atoms with E-state index >= 15 is 0 Å². The number of pyridine rings is 1. The van der Waals surface area contributed by atoms with Crippen LogP contribution in [-0.4, -0.2) is 13.4 Å². The molecule has 96 valence electrons. The van der Waals surface area contributed by atoms with Crippen molar-refractivity contribution < 1.29 is 8.42 Å². The van der Waals surface area contributed by atoms with Crippen molar-refractivity contribution in [1.29, 1.82) is 0 Å². The summed E-state index contributed by atoms with van der Waals surface area (Å²) in [5, 5.41) is 0. The van der Waals surface area contributed by atoms with Gasteiger partial charge in [-0.2, -0.15) is 0 Å². The van der Waals surface area contributed by atoms with E-state index in [0.29, 0.717) is 4.21 Å². The van der Waals surface area contributed by atoms with Crippen molar-refractivity contribution in [1.82, 2.24) is 9.71 Å². The number of halogens is 1. The lowest BCUT2D eigenvalue weighted by atomic mass is 10.2. The first kappa shape index (κ1) is 13.7. The summed E-state index contributed by atoms with van der Waals surface area (Å²) in [6.07, 6.45) is 1.65. The molecule has 2 rings (SSSR count). The second kappa shape index (κ2) is 5.48. The minimum absolute atomic E-state index is 0.199. The lowest BCUT2D eigenvalue weighted by Gasteiger charge is -2.06. The molecule has 0 atom stereocenters.